The van der Waals surface area contributed by atoms with Crippen molar-refractivity contribution in [3.63, 3.8) is 0 Å². The van der Waals surface area contributed by atoms with Crippen LogP contribution < -0.4 is 26.8 Å². The van der Waals surface area contributed by atoms with Crippen LogP contribution in [0, 0.1) is 5.41 Å². The van der Waals surface area contributed by atoms with Gasteiger partial charge in [-0.05, 0) is 24.5 Å². The van der Waals surface area contributed by atoms with Crippen LogP contribution in [-0.2, 0) is 36.7 Å². The van der Waals surface area contributed by atoms with E-state index in [2.05, 4.69) is 15.4 Å². The Morgan fingerprint density at radius 1 is 0.943 bits per heavy atom. The molecule has 0 aliphatic heterocycles. The van der Waals surface area contributed by atoms with Crippen LogP contribution in [0.4, 0.5) is 0 Å². The molecule has 2 atom stereocenters. The van der Waals surface area contributed by atoms with Crippen LogP contribution in [-0.4, -0.2) is 44.1 Å². The summed E-state index contributed by atoms with van der Waals surface area (Å²) in [5.74, 6) is -2.32. The first kappa shape index (κ1) is 27.5. The monoisotopic (exact) mass is 502 g/mol. The lowest BCUT2D eigenvalue weighted by molar-refractivity contribution is -0.130. The van der Waals surface area contributed by atoms with Crippen molar-refractivity contribution in [3.8, 4) is 0 Å². The second-order valence-corrected chi connectivity index (χ2v) is 9.73. The number of nitrogen functional groups attached to an aromatic ring is 1. The van der Waals surface area contributed by atoms with E-state index >= 15 is 0 Å². The summed E-state index contributed by atoms with van der Waals surface area (Å²) in [6, 6.07) is 12.9. The average molecular weight is 503 g/mol. The largest absolute Gasteiger partial charge is 0.384 e. The third-order valence-corrected chi connectivity index (χ3v) is 6.42. The Bertz CT molecular complexity index is 1150. The summed E-state index contributed by atoms with van der Waals surface area (Å²) in [5, 5.41) is 12.6. The number of rotatable bonds is 13. The second kappa shape index (κ2) is 12.6. The fourth-order valence-corrected chi connectivity index (χ4v) is 4.49. The van der Waals surface area contributed by atoms with Crippen molar-refractivity contribution in [1.82, 2.24) is 15.4 Å². The van der Waals surface area contributed by atoms with Crippen molar-refractivity contribution in [1.29, 1.82) is 5.41 Å². The number of sulfonamides is 1. The molecule has 0 unspecified atom stereocenters. The van der Waals surface area contributed by atoms with Crippen LogP contribution in [0.5, 0.6) is 0 Å². The lowest BCUT2D eigenvalue weighted by atomic mass is 10.1. The molecule has 3 amide bonds. The molecule has 0 saturated carbocycles. The van der Waals surface area contributed by atoms with Crippen molar-refractivity contribution < 1.29 is 22.8 Å². The quantitative estimate of drug-likeness (QED) is 0.162. The molecule has 2 aromatic rings. The first-order chi connectivity index (χ1) is 16.5. The van der Waals surface area contributed by atoms with E-state index in [9.17, 15) is 22.8 Å². The number of hydrogen-bond acceptors (Lipinski definition) is 6. The summed E-state index contributed by atoms with van der Waals surface area (Å²) in [6.45, 7) is 1.48. The van der Waals surface area contributed by atoms with Crippen molar-refractivity contribution in [3.05, 3.63) is 71.3 Å². The van der Waals surface area contributed by atoms with E-state index in [4.69, 9.17) is 16.9 Å². The first-order valence-electron chi connectivity index (χ1n) is 10.8. The summed E-state index contributed by atoms with van der Waals surface area (Å²) in [6.07, 6.45) is -0.209. The Morgan fingerprint density at radius 3 is 2.14 bits per heavy atom. The second-order valence-electron chi connectivity index (χ2n) is 7.98. The smallest absolute Gasteiger partial charge is 0.242 e. The maximum absolute atomic E-state index is 12.7. The fraction of sp³-hybridized carbons (Fsp3) is 0.304. The van der Waals surface area contributed by atoms with Gasteiger partial charge in [-0.15, -0.1) is 0 Å². The lowest BCUT2D eigenvalue weighted by Gasteiger charge is -2.21. The Morgan fingerprint density at radius 2 is 1.57 bits per heavy atom. The molecule has 35 heavy (non-hydrogen) atoms. The summed E-state index contributed by atoms with van der Waals surface area (Å²) in [5.41, 5.74) is 12.4. The topological polar surface area (TPSA) is 197 Å². The number of carbonyl (C=O) groups is 3. The molecule has 2 rings (SSSR count). The molecule has 0 aliphatic carbocycles. The lowest BCUT2D eigenvalue weighted by Crippen LogP contribution is -2.53. The van der Waals surface area contributed by atoms with Gasteiger partial charge in [0, 0.05) is 18.5 Å². The molecule has 0 radical (unpaired) electrons. The van der Waals surface area contributed by atoms with Gasteiger partial charge in [0.25, 0.3) is 0 Å². The highest BCUT2D eigenvalue weighted by atomic mass is 32.2. The number of amidine groups is 1. The number of amides is 3. The van der Waals surface area contributed by atoms with Crippen LogP contribution in [0.15, 0.2) is 54.6 Å². The zero-order valence-corrected chi connectivity index (χ0v) is 20.1. The normalized spacial score (nSPS) is 12.8. The van der Waals surface area contributed by atoms with Gasteiger partial charge in [-0.1, -0.05) is 54.6 Å². The maximum atomic E-state index is 12.7. The van der Waals surface area contributed by atoms with E-state index < -0.39 is 39.8 Å². The van der Waals surface area contributed by atoms with Crippen LogP contribution in [0.1, 0.15) is 36.5 Å². The van der Waals surface area contributed by atoms with E-state index in [1.54, 1.807) is 54.6 Å². The molecule has 0 aromatic heterocycles. The molecule has 0 saturated heterocycles. The molecule has 0 bridgehead atoms. The van der Waals surface area contributed by atoms with E-state index in [-0.39, 0.29) is 31.0 Å². The molecule has 8 N–H and O–H groups in total. The minimum Gasteiger partial charge on any atom is -0.384 e. The zero-order valence-electron chi connectivity index (χ0n) is 19.3. The zero-order chi connectivity index (χ0) is 26.0. The van der Waals surface area contributed by atoms with Gasteiger partial charge < -0.3 is 22.1 Å². The number of primary amides is 1. The van der Waals surface area contributed by atoms with Crippen molar-refractivity contribution >= 4 is 33.6 Å². The van der Waals surface area contributed by atoms with Crippen LogP contribution in [0.25, 0.3) is 0 Å². The third kappa shape index (κ3) is 9.55. The average Bonchev–Trinajstić information content (AvgIpc) is 2.80. The standard InChI is InChI=1S/C23H30N6O5S/c1-15(29-35(33,34)14-17-5-3-2-4-6-17)22(31)28-19(11-12-20(24)30)23(32)27-13-16-7-9-18(10-8-16)21(25)26/h2-10,15,19,29H,11-14H2,1H3,(H2,24,30)(H3,25,26)(H,27,32)(H,28,31)/t15-,19+/m1/s1. The van der Waals surface area contributed by atoms with E-state index in [0.717, 1.165) is 5.56 Å². The highest BCUT2D eigenvalue weighted by Crippen LogP contribution is 2.07. The maximum Gasteiger partial charge on any atom is 0.242 e. The molecule has 0 fully saturated rings. The third-order valence-electron chi connectivity index (χ3n) is 4.99. The number of hydrogen-bond donors (Lipinski definition) is 6. The molecule has 0 spiro atoms. The molecule has 2 aromatic carbocycles. The van der Waals surface area contributed by atoms with Crippen molar-refractivity contribution in [2.24, 2.45) is 11.5 Å². The number of carbonyl (C=O) groups excluding carboxylic acids is 3. The molecule has 188 valence electrons. The predicted molar refractivity (Wildman–Crippen MR) is 131 cm³/mol. The molecule has 0 heterocycles. The number of benzene rings is 2. The minimum atomic E-state index is -3.83. The summed E-state index contributed by atoms with van der Waals surface area (Å²) >= 11 is 0. The van der Waals surface area contributed by atoms with Gasteiger partial charge >= 0.3 is 0 Å². The molecule has 12 heteroatoms. The van der Waals surface area contributed by atoms with Gasteiger partial charge in [0.15, 0.2) is 0 Å². The van der Waals surface area contributed by atoms with Crippen LogP contribution in [0.3, 0.4) is 0 Å². The van der Waals surface area contributed by atoms with Gasteiger partial charge in [0.05, 0.1) is 11.8 Å². The molecule has 0 aliphatic rings. The summed E-state index contributed by atoms with van der Waals surface area (Å²) < 4.78 is 27.1. The SMILES string of the molecule is C[C@@H](NS(=O)(=O)Cc1ccccc1)C(=O)N[C@@H](CCC(N)=O)C(=O)NCc1ccc(C(=N)N)cc1. The van der Waals surface area contributed by atoms with E-state index in [1.807, 2.05) is 0 Å². The van der Waals surface area contributed by atoms with Crippen LogP contribution >= 0.6 is 0 Å². The van der Waals surface area contributed by atoms with Crippen molar-refractivity contribution in [2.45, 2.75) is 44.1 Å². The van der Waals surface area contributed by atoms with E-state index in [0.29, 0.717) is 11.1 Å². The van der Waals surface area contributed by atoms with Gasteiger partial charge in [-0.2, -0.15) is 0 Å². The molecule has 11 nitrogen and oxygen atoms in total. The number of nitrogens with one attached hydrogen (secondary N) is 4. The molecular formula is C23H30N6O5S. The summed E-state index contributed by atoms with van der Waals surface area (Å²) in [4.78, 5) is 36.6. The van der Waals surface area contributed by atoms with Crippen LogP contribution in [0.2, 0.25) is 0 Å². The highest BCUT2D eigenvalue weighted by Gasteiger charge is 2.26. The van der Waals surface area contributed by atoms with Gasteiger partial charge in [-0.25, -0.2) is 13.1 Å². The van der Waals surface area contributed by atoms with Gasteiger partial charge in [0.1, 0.15) is 11.9 Å². The van der Waals surface area contributed by atoms with Gasteiger partial charge in [0.2, 0.25) is 27.7 Å². The van der Waals surface area contributed by atoms with Crippen molar-refractivity contribution in [2.75, 3.05) is 0 Å². The fourth-order valence-electron chi connectivity index (χ4n) is 3.12. The summed E-state index contributed by atoms with van der Waals surface area (Å²) in [7, 11) is -3.83. The number of nitrogens with two attached hydrogens (primary N) is 2. The predicted octanol–water partition coefficient (Wildman–Crippen LogP) is -0.155. The van der Waals surface area contributed by atoms with Gasteiger partial charge in [-0.3, -0.25) is 19.8 Å². The highest BCUT2D eigenvalue weighted by molar-refractivity contribution is 7.88. The minimum absolute atomic E-state index is 0.0559. The van der Waals surface area contributed by atoms with E-state index in [1.165, 1.54) is 6.92 Å². The Labute approximate surface area is 204 Å². The Balaban J connectivity index is 1.99. The Hall–Kier alpha value is -3.77. The Kier molecular flexibility index (Phi) is 9.91. The first-order valence-corrected chi connectivity index (χ1v) is 12.5. The molecular weight excluding hydrogens is 472 g/mol.